The maximum Gasteiger partial charge on any atom is 0.418 e. The van der Waals surface area contributed by atoms with Crippen LogP contribution < -0.4 is 0 Å². The van der Waals surface area contributed by atoms with Crippen LogP contribution in [0.4, 0.5) is 26.3 Å². The monoisotopic (exact) mass is 500 g/mol. The lowest BCUT2D eigenvalue weighted by Crippen LogP contribution is -2.33. The van der Waals surface area contributed by atoms with Crippen molar-refractivity contribution in [1.29, 1.82) is 0 Å². The van der Waals surface area contributed by atoms with Gasteiger partial charge in [0.05, 0.1) is 34.6 Å². The summed E-state index contributed by atoms with van der Waals surface area (Å²) in [6.07, 6.45) is -6.85. The first kappa shape index (κ1) is 23.0. The molecular formula is C28H22F6N2. The smallest absolute Gasteiger partial charge is 0.334 e. The van der Waals surface area contributed by atoms with E-state index in [-0.39, 0.29) is 23.5 Å². The molecule has 2 aliphatic rings. The van der Waals surface area contributed by atoms with E-state index >= 15 is 0 Å². The molecule has 0 N–H and O–H groups in total. The highest BCUT2D eigenvalue weighted by atomic mass is 19.4. The molecule has 186 valence electrons. The SMILES string of the molecule is FC(F)(F)c1cc(-c2ccccc2)n2c1-c1c(C(F)(F)F)cc(-c3ccccc3)n1C1CCCCC12. The molecule has 1 fully saturated rings. The predicted octanol–water partition coefficient (Wildman–Crippen LogP) is 9.00. The van der Waals surface area contributed by atoms with Gasteiger partial charge in [-0.15, -0.1) is 0 Å². The Morgan fingerprint density at radius 3 is 1.25 bits per heavy atom. The lowest BCUT2D eigenvalue weighted by molar-refractivity contribution is -0.139. The largest absolute Gasteiger partial charge is 0.418 e. The van der Waals surface area contributed by atoms with Gasteiger partial charge in [-0.25, -0.2) is 0 Å². The number of halogens is 6. The molecule has 3 heterocycles. The van der Waals surface area contributed by atoms with E-state index in [9.17, 15) is 26.3 Å². The van der Waals surface area contributed by atoms with E-state index in [0.29, 0.717) is 35.4 Å². The molecule has 0 saturated heterocycles. The van der Waals surface area contributed by atoms with Gasteiger partial charge in [-0.1, -0.05) is 73.5 Å². The Hall–Kier alpha value is -3.42. The topological polar surface area (TPSA) is 9.86 Å². The zero-order chi connectivity index (χ0) is 25.2. The molecule has 36 heavy (non-hydrogen) atoms. The Morgan fingerprint density at radius 1 is 0.556 bits per heavy atom. The third-order valence-electron chi connectivity index (χ3n) is 7.40. The van der Waals surface area contributed by atoms with Crippen LogP contribution in [0.15, 0.2) is 72.8 Å². The zero-order valence-electron chi connectivity index (χ0n) is 19.1. The number of rotatable bonds is 2. The van der Waals surface area contributed by atoms with Gasteiger partial charge in [-0.05, 0) is 36.1 Å². The summed E-state index contributed by atoms with van der Waals surface area (Å²) in [7, 11) is 0. The maximum atomic E-state index is 14.5. The van der Waals surface area contributed by atoms with E-state index in [1.807, 2.05) is 0 Å². The van der Waals surface area contributed by atoms with Crippen molar-refractivity contribution in [2.24, 2.45) is 0 Å². The summed E-state index contributed by atoms with van der Waals surface area (Å²) in [5, 5.41) is 0. The second kappa shape index (κ2) is 8.05. The fraction of sp³-hybridized carbons (Fsp3) is 0.286. The number of hydrogen-bond donors (Lipinski definition) is 0. The number of aromatic nitrogens is 2. The van der Waals surface area contributed by atoms with Crippen molar-refractivity contribution in [3.63, 3.8) is 0 Å². The normalized spacial score (nSPS) is 19.5. The van der Waals surface area contributed by atoms with Gasteiger partial charge >= 0.3 is 12.4 Å². The summed E-state index contributed by atoms with van der Waals surface area (Å²) >= 11 is 0. The van der Waals surface area contributed by atoms with Crippen molar-refractivity contribution in [1.82, 2.24) is 9.13 Å². The molecule has 2 atom stereocenters. The van der Waals surface area contributed by atoms with Crippen molar-refractivity contribution >= 4 is 0 Å². The van der Waals surface area contributed by atoms with Gasteiger partial charge in [0.25, 0.3) is 0 Å². The average molecular weight is 500 g/mol. The molecule has 1 saturated carbocycles. The minimum absolute atomic E-state index is 0.302. The highest BCUT2D eigenvalue weighted by molar-refractivity contribution is 5.80. The number of nitrogens with zero attached hydrogens (tertiary/aromatic N) is 2. The highest BCUT2D eigenvalue weighted by Crippen LogP contribution is 2.56. The second-order valence-electron chi connectivity index (χ2n) is 9.47. The van der Waals surface area contributed by atoms with Gasteiger partial charge < -0.3 is 9.13 Å². The molecule has 1 aliphatic heterocycles. The fourth-order valence-electron chi connectivity index (χ4n) is 6.01. The summed E-state index contributed by atoms with van der Waals surface area (Å²) in [6.45, 7) is 0. The summed E-state index contributed by atoms with van der Waals surface area (Å²) in [4.78, 5) is 0. The Kier molecular flexibility index (Phi) is 5.14. The van der Waals surface area contributed by atoms with Gasteiger partial charge in [0.2, 0.25) is 0 Å². The van der Waals surface area contributed by atoms with Crippen LogP contribution >= 0.6 is 0 Å². The molecule has 4 aromatic rings. The molecule has 6 rings (SSSR count). The predicted molar refractivity (Wildman–Crippen MR) is 125 cm³/mol. The third kappa shape index (κ3) is 3.49. The first-order valence-corrected chi connectivity index (χ1v) is 11.9. The maximum absolute atomic E-state index is 14.5. The van der Waals surface area contributed by atoms with E-state index in [4.69, 9.17) is 0 Å². The van der Waals surface area contributed by atoms with Crippen LogP contribution in [-0.2, 0) is 12.4 Å². The highest BCUT2D eigenvalue weighted by Gasteiger charge is 2.49. The van der Waals surface area contributed by atoms with Gasteiger partial charge in [-0.3, -0.25) is 0 Å². The van der Waals surface area contributed by atoms with E-state index in [0.717, 1.165) is 25.0 Å². The zero-order valence-corrected chi connectivity index (χ0v) is 19.1. The molecule has 1 aliphatic carbocycles. The molecule has 2 unspecified atom stereocenters. The van der Waals surface area contributed by atoms with Crippen LogP contribution in [0.2, 0.25) is 0 Å². The van der Waals surface area contributed by atoms with Crippen molar-refractivity contribution in [3.8, 4) is 33.9 Å². The van der Waals surface area contributed by atoms with E-state index < -0.39 is 23.5 Å². The lowest BCUT2D eigenvalue weighted by atomic mass is 9.87. The minimum Gasteiger partial charge on any atom is -0.334 e. The minimum atomic E-state index is -4.82. The number of alkyl halides is 6. The van der Waals surface area contributed by atoms with Crippen LogP contribution in [0, 0.1) is 0 Å². The number of benzene rings is 2. The summed E-state index contributed by atoms with van der Waals surface area (Å²) in [5.74, 6) is 0. The molecular weight excluding hydrogens is 478 g/mol. The van der Waals surface area contributed by atoms with Gasteiger partial charge in [-0.2, -0.15) is 26.3 Å². The van der Waals surface area contributed by atoms with Crippen molar-refractivity contribution in [3.05, 3.63) is 83.9 Å². The Balaban J connectivity index is 1.76. The van der Waals surface area contributed by atoms with E-state index in [2.05, 4.69) is 0 Å². The second-order valence-corrected chi connectivity index (χ2v) is 9.47. The number of hydrogen-bond acceptors (Lipinski definition) is 0. The molecule has 8 heteroatoms. The van der Waals surface area contributed by atoms with E-state index in [1.54, 1.807) is 69.8 Å². The first-order valence-electron chi connectivity index (χ1n) is 11.9. The fourth-order valence-corrected chi connectivity index (χ4v) is 6.01. The van der Waals surface area contributed by atoms with Crippen molar-refractivity contribution in [2.75, 3.05) is 0 Å². The Morgan fingerprint density at radius 2 is 0.917 bits per heavy atom. The van der Waals surface area contributed by atoms with Crippen LogP contribution in [0.1, 0.15) is 48.9 Å². The molecule has 2 aromatic carbocycles. The molecule has 2 aromatic heterocycles. The van der Waals surface area contributed by atoms with Crippen LogP contribution in [0.25, 0.3) is 33.9 Å². The Labute approximate surface area is 203 Å². The van der Waals surface area contributed by atoms with Gasteiger partial charge in [0.1, 0.15) is 0 Å². The summed E-state index contributed by atoms with van der Waals surface area (Å²) in [5.41, 5.74) is -1.14. The van der Waals surface area contributed by atoms with Crippen LogP contribution in [0.5, 0.6) is 0 Å². The van der Waals surface area contributed by atoms with Crippen LogP contribution in [0.3, 0.4) is 0 Å². The molecule has 2 nitrogen and oxygen atoms in total. The molecule has 0 spiro atoms. The van der Waals surface area contributed by atoms with Gasteiger partial charge in [0.15, 0.2) is 0 Å². The standard InChI is InChI=1S/C28H22F6N2/c29-27(30,31)19-15-23(17-9-3-1-4-10-17)35-21-13-7-8-14-22(21)36-24(18-11-5-2-6-12-18)16-20(28(32,33)34)26(36)25(19)35/h1-6,9-12,15-16,21-22H,7-8,13-14H2. The lowest BCUT2D eigenvalue weighted by Gasteiger charge is -2.42. The summed E-state index contributed by atoms with van der Waals surface area (Å²) in [6, 6.07) is 18.5. The molecule has 0 bridgehead atoms. The van der Waals surface area contributed by atoms with Crippen LogP contribution in [-0.4, -0.2) is 9.13 Å². The molecule has 0 amide bonds. The molecule has 0 radical (unpaired) electrons. The summed E-state index contributed by atoms with van der Waals surface area (Å²) < 4.78 is 90.0. The Bertz CT molecular complexity index is 1300. The van der Waals surface area contributed by atoms with Gasteiger partial charge in [0, 0.05) is 11.4 Å². The first-order chi connectivity index (χ1) is 17.2. The average Bonchev–Trinajstić information content (AvgIpc) is 3.45. The van der Waals surface area contributed by atoms with E-state index in [1.165, 1.54) is 0 Å². The van der Waals surface area contributed by atoms with Crippen molar-refractivity contribution in [2.45, 2.75) is 50.1 Å². The quantitative estimate of drug-likeness (QED) is 0.243. The van der Waals surface area contributed by atoms with Crippen molar-refractivity contribution < 1.29 is 26.3 Å². The number of fused-ring (bicyclic) bond motifs is 6. The third-order valence-corrected chi connectivity index (χ3v) is 7.40.